The molecule has 4 heteroatoms. The number of amidine groups is 1. The SMILES string of the molecule is c1ccc(C2=NC(C3CCNCC3)NN2)cc1. The van der Waals surface area contributed by atoms with E-state index in [1.54, 1.807) is 0 Å². The number of rotatable bonds is 2. The van der Waals surface area contributed by atoms with Crippen LogP contribution in [0.4, 0.5) is 0 Å². The minimum atomic E-state index is 0.229. The fourth-order valence-electron chi connectivity index (χ4n) is 2.47. The van der Waals surface area contributed by atoms with E-state index in [-0.39, 0.29) is 6.17 Å². The van der Waals surface area contributed by atoms with E-state index in [0.29, 0.717) is 5.92 Å². The average Bonchev–Trinajstić information content (AvgIpc) is 2.90. The number of benzene rings is 1. The highest BCUT2D eigenvalue weighted by Gasteiger charge is 2.27. The van der Waals surface area contributed by atoms with Gasteiger partial charge in [0, 0.05) is 5.56 Å². The molecule has 0 saturated carbocycles. The van der Waals surface area contributed by atoms with Crippen molar-refractivity contribution in [2.45, 2.75) is 19.0 Å². The molecule has 4 nitrogen and oxygen atoms in total. The summed E-state index contributed by atoms with van der Waals surface area (Å²) in [5.41, 5.74) is 7.64. The maximum Gasteiger partial charge on any atom is 0.144 e. The van der Waals surface area contributed by atoms with E-state index < -0.39 is 0 Å². The Bertz CT molecular complexity index is 395. The van der Waals surface area contributed by atoms with Crippen LogP contribution in [-0.2, 0) is 0 Å². The largest absolute Gasteiger partial charge is 0.317 e. The third-order valence-electron chi connectivity index (χ3n) is 3.48. The van der Waals surface area contributed by atoms with Crippen molar-refractivity contribution in [1.29, 1.82) is 0 Å². The van der Waals surface area contributed by atoms with Gasteiger partial charge in [-0.3, -0.25) is 0 Å². The number of piperidine rings is 1. The summed E-state index contributed by atoms with van der Waals surface area (Å²) in [6.07, 6.45) is 2.63. The average molecular weight is 230 g/mol. The minimum absolute atomic E-state index is 0.229. The Kier molecular flexibility index (Phi) is 3.07. The second-order valence-corrected chi connectivity index (χ2v) is 4.65. The molecule has 0 spiro atoms. The second kappa shape index (κ2) is 4.85. The normalized spacial score (nSPS) is 25.4. The van der Waals surface area contributed by atoms with Crippen molar-refractivity contribution in [2.24, 2.45) is 10.9 Å². The molecular weight excluding hydrogens is 212 g/mol. The summed E-state index contributed by atoms with van der Waals surface area (Å²) in [5.74, 6) is 1.61. The Morgan fingerprint density at radius 1 is 1.06 bits per heavy atom. The van der Waals surface area contributed by atoms with Crippen molar-refractivity contribution < 1.29 is 0 Å². The van der Waals surface area contributed by atoms with Gasteiger partial charge in [-0.05, 0) is 31.8 Å². The van der Waals surface area contributed by atoms with Gasteiger partial charge in [-0.1, -0.05) is 30.3 Å². The molecule has 1 aromatic rings. The van der Waals surface area contributed by atoms with Crippen molar-refractivity contribution >= 4 is 5.84 Å². The standard InChI is InChI=1S/C13H18N4/c1-2-4-10(5-3-1)12-15-13(17-16-12)11-6-8-14-9-7-11/h1-5,11,13-14,17H,6-9H2,(H,15,16). The number of aliphatic imine (C=N–C) groups is 1. The summed E-state index contributed by atoms with van der Waals surface area (Å²) in [6, 6.07) is 10.3. The quantitative estimate of drug-likeness (QED) is 0.706. The minimum Gasteiger partial charge on any atom is -0.317 e. The second-order valence-electron chi connectivity index (χ2n) is 4.65. The molecular formula is C13H18N4. The molecule has 1 fully saturated rings. The van der Waals surface area contributed by atoms with Crippen molar-refractivity contribution in [3.63, 3.8) is 0 Å². The summed E-state index contributed by atoms with van der Waals surface area (Å²) < 4.78 is 0. The molecule has 1 aromatic carbocycles. The number of nitrogens with one attached hydrogen (secondary N) is 3. The van der Waals surface area contributed by atoms with Crippen LogP contribution in [0.25, 0.3) is 0 Å². The number of hydrogen-bond acceptors (Lipinski definition) is 4. The van der Waals surface area contributed by atoms with Crippen molar-refractivity contribution in [3.05, 3.63) is 35.9 Å². The van der Waals surface area contributed by atoms with Gasteiger partial charge in [0.1, 0.15) is 12.0 Å². The highest BCUT2D eigenvalue weighted by Crippen LogP contribution is 2.19. The molecule has 90 valence electrons. The molecule has 0 aliphatic carbocycles. The molecule has 3 rings (SSSR count). The van der Waals surface area contributed by atoms with Crippen LogP contribution in [0.1, 0.15) is 18.4 Å². The van der Waals surface area contributed by atoms with E-state index in [2.05, 4.69) is 28.3 Å². The molecule has 0 radical (unpaired) electrons. The summed E-state index contributed by atoms with van der Waals surface area (Å²) in [4.78, 5) is 4.75. The zero-order valence-corrected chi connectivity index (χ0v) is 9.82. The highest BCUT2D eigenvalue weighted by atomic mass is 15.5. The lowest BCUT2D eigenvalue weighted by Gasteiger charge is -2.25. The lowest BCUT2D eigenvalue weighted by atomic mass is 9.95. The van der Waals surface area contributed by atoms with Crippen LogP contribution < -0.4 is 16.2 Å². The van der Waals surface area contributed by atoms with Gasteiger partial charge in [-0.15, -0.1) is 0 Å². The lowest BCUT2D eigenvalue weighted by molar-refractivity contribution is 0.291. The third kappa shape index (κ3) is 2.33. The molecule has 0 bridgehead atoms. The van der Waals surface area contributed by atoms with E-state index in [0.717, 1.165) is 24.5 Å². The first-order valence-electron chi connectivity index (χ1n) is 6.29. The zero-order valence-electron chi connectivity index (χ0n) is 9.82. The monoisotopic (exact) mass is 230 g/mol. The van der Waals surface area contributed by atoms with Crippen LogP contribution >= 0.6 is 0 Å². The van der Waals surface area contributed by atoms with Gasteiger partial charge in [-0.2, -0.15) is 0 Å². The molecule has 2 heterocycles. The molecule has 1 atom stereocenters. The van der Waals surface area contributed by atoms with Gasteiger partial charge in [-0.25, -0.2) is 10.4 Å². The first-order valence-corrected chi connectivity index (χ1v) is 6.29. The van der Waals surface area contributed by atoms with Crippen LogP contribution in [0.3, 0.4) is 0 Å². The summed E-state index contributed by atoms with van der Waals surface area (Å²) in [7, 11) is 0. The van der Waals surface area contributed by atoms with Gasteiger partial charge in [0.15, 0.2) is 0 Å². The predicted octanol–water partition coefficient (Wildman–Crippen LogP) is 0.867. The van der Waals surface area contributed by atoms with Gasteiger partial charge < -0.3 is 10.7 Å². The molecule has 17 heavy (non-hydrogen) atoms. The molecule has 2 aliphatic rings. The first-order chi connectivity index (χ1) is 8.43. The highest BCUT2D eigenvalue weighted by molar-refractivity contribution is 5.99. The Hall–Kier alpha value is -1.39. The molecule has 3 N–H and O–H groups in total. The predicted molar refractivity (Wildman–Crippen MR) is 68.6 cm³/mol. The first kappa shape index (κ1) is 10.7. The lowest BCUT2D eigenvalue weighted by Crippen LogP contribution is -2.42. The third-order valence-corrected chi connectivity index (χ3v) is 3.48. The van der Waals surface area contributed by atoms with Crippen LogP contribution in [0, 0.1) is 5.92 Å². The van der Waals surface area contributed by atoms with Gasteiger partial charge >= 0.3 is 0 Å². The number of hydrazine groups is 1. The fraction of sp³-hybridized carbons (Fsp3) is 0.462. The topological polar surface area (TPSA) is 48.5 Å². The van der Waals surface area contributed by atoms with Crippen LogP contribution in [-0.4, -0.2) is 25.1 Å². The molecule has 0 amide bonds. The molecule has 2 aliphatic heterocycles. The Morgan fingerprint density at radius 3 is 2.59 bits per heavy atom. The van der Waals surface area contributed by atoms with E-state index in [1.807, 2.05) is 18.2 Å². The van der Waals surface area contributed by atoms with E-state index in [9.17, 15) is 0 Å². The summed E-state index contributed by atoms with van der Waals surface area (Å²) in [6.45, 7) is 2.22. The number of nitrogens with zero attached hydrogens (tertiary/aromatic N) is 1. The van der Waals surface area contributed by atoms with Gasteiger partial charge in [0.2, 0.25) is 0 Å². The van der Waals surface area contributed by atoms with Gasteiger partial charge in [0.25, 0.3) is 0 Å². The molecule has 1 saturated heterocycles. The van der Waals surface area contributed by atoms with Crippen LogP contribution in [0.15, 0.2) is 35.3 Å². The van der Waals surface area contributed by atoms with Crippen molar-refractivity contribution in [1.82, 2.24) is 16.2 Å². The maximum absolute atomic E-state index is 4.75. The fourth-order valence-corrected chi connectivity index (χ4v) is 2.47. The smallest absolute Gasteiger partial charge is 0.144 e. The molecule has 0 aromatic heterocycles. The Balaban J connectivity index is 1.72. The Morgan fingerprint density at radius 2 is 1.82 bits per heavy atom. The maximum atomic E-state index is 4.75. The van der Waals surface area contributed by atoms with Gasteiger partial charge in [0.05, 0.1) is 0 Å². The van der Waals surface area contributed by atoms with Crippen LogP contribution in [0.5, 0.6) is 0 Å². The van der Waals surface area contributed by atoms with Crippen molar-refractivity contribution in [2.75, 3.05) is 13.1 Å². The zero-order chi connectivity index (χ0) is 11.5. The van der Waals surface area contributed by atoms with E-state index in [4.69, 9.17) is 4.99 Å². The Labute approximate surface area is 101 Å². The van der Waals surface area contributed by atoms with Crippen molar-refractivity contribution in [3.8, 4) is 0 Å². The summed E-state index contributed by atoms with van der Waals surface area (Å²) in [5, 5.41) is 3.38. The molecule has 1 unspecified atom stereocenters. The summed E-state index contributed by atoms with van der Waals surface area (Å²) >= 11 is 0. The van der Waals surface area contributed by atoms with E-state index >= 15 is 0 Å². The van der Waals surface area contributed by atoms with Crippen LogP contribution in [0.2, 0.25) is 0 Å². The number of hydrogen-bond donors (Lipinski definition) is 3. The van der Waals surface area contributed by atoms with E-state index in [1.165, 1.54) is 12.8 Å².